The van der Waals surface area contributed by atoms with Crippen LogP contribution in [0, 0.1) is 0 Å². The Morgan fingerprint density at radius 2 is 2.00 bits per heavy atom. The molecule has 136 valence electrons. The number of ketones is 1. The second-order valence-electron chi connectivity index (χ2n) is 5.69. The standard InChI is InChI=1S/C19H16N4O2S2/c1-25-13-8-6-12(7-9-13)21-18-22-23-19(27-18)26-11-17(24)15-10-20-16-5-3-2-4-14(15)16/h2-10,20H,11H2,1H3,(H,21,22). The zero-order valence-corrected chi connectivity index (χ0v) is 16.1. The molecule has 0 saturated carbocycles. The van der Waals surface area contributed by atoms with Crippen molar-refractivity contribution < 1.29 is 9.53 Å². The summed E-state index contributed by atoms with van der Waals surface area (Å²) in [6.07, 6.45) is 1.77. The molecule has 0 radical (unpaired) electrons. The van der Waals surface area contributed by atoms with Crippen molar-refractivity contribution in [3.05, 3.63) is 60.3 Å². The van der Waals surface area contributed by atoms with Crippen LogP contribution in [0.15, 0.2) is 59.1 Å². The summed E-state index contributed by atoms with van der Waals surface area (Å²) in [6, 6.07) is 15.4. The Labute approximate surface area is 164 Å². The number of methoxy groups -OCH3 is 1. The molecule has 4 rings (SSSR count). The Hall–Kier alpha value is -2.84. The van der Waals surface area contributed by atoms with E-state index in [4.69, 9.17) is 4.74 Å². The maximum atomic E-state index is 12.5. The van der Waals surface area contributed by atoms with Gasteiger partial charge in [0.15, 0.2) is 10.1 Å². The molecule has 8 heteroatoms. The van der Waals surface area contributed by atoms with Gasteiger partial charge in [0.25, 0.3) is 0 Å². The Bertz CT molecular complexity index is 1070. The van der Waals surface area contributed by atoms with Crippen LogP contribution in [0.1, 0.15) is 10.4 Å². The van der Waals surface area contributed by atoms with Crippen LogP contribution in [0.4, 0.5) is 10.8 Å². The van der Waals surface area contributed by atoms with Crippen LogP contribution in [0.2, 0.25) is 0 Å². The van der Waals surface area contributed by atoms with Crippen molar-refractivity contribution in [3.8, 4) is 5.75 Å². The zero-order valence-electron chi connectivity index (χ0n) is 14.4. The predicted molar refractivity (Wildman–Crippen MR) is 110 cm³/mol. The third-order valence-corrected chi connectivity index (χ3v) is 5.94. The molecule has 6 nitrogen and oxygen atoms in total. The highest BCUT2D eigenvalue weighted by molar-refractivity contribution is 8.01. The van der Waals surface area contributed by atoms with E-state index in [1.54, 1.807) is 13.3 Å². The van der Waals surface area contributed by atoms with E-state index < -0.39 is 0 Å². The number of hydrogen-bond acceptors (Lipinski definition) is 7. The fraction of sp³-hybridized carbons (Fsp3) is 0.105. The highest BCUT2D eigenvalue weighted by atomic mass is 32.2. The molecule has 2 heterocycles. The number of anilines is 2. The fourth-order valence-electron chi connectivity index (χ4n) is 2.62. The number of fused-ring (bicyclic) bond motifs is 1. The second-order valence-corrected chi connectivity index (χ2v) is 7.89. The van der Waals surface area contributed by atoms with Gasteiger partial charge in [-0.25, -0.2) is 0 Å². The first kappa shape index (κ1) is 17.6. The first-order valence-electron chi connectivity index (χ1n) is 8.19. The van der Waals surface area contributed by atoms with E-state index >= 15 is 0 Å². The molecule has 0 aliphatic carbocycles. The molecule has 0 saturated heterocycles. The number of hydrogen-bond donors (Lipinski definition) is 2. The zero-order chi connectivity index (χ0) is 18.6. The fourth-order valence-corrected chi connectivity index (χ4v) is 4.28. The highest BCUT2D eigenvalue weighted by Gasteiger charge is 2.14. The summed E-state index contributed by atoms with van der Waals surface area (Å²) in [5.41, 5.74) is 2.57. The molecule has 27 heavy (non-hydrogen) atoms. The van der Waals surface area contributed by atoms with Crippen LogP contribution in [0.5, 0.6) is 5.75 Å². The average Bonchev–Trinajstić information content (AvgIpc) is 3.33. The number of carbonyl (C=O) groups is 1. The number of carbonyl (C=O) groups excluding carboxylic acids is 1. The molecule has 0 fully saturated rings. The summed E-state index contributed by atoms with van der Waals surface area (Å²) in [5, 5.41) is 13.1. The van der Waals surface area contributed by atoms with Crippen molar-refractivity contribution >= 4 is 50.6 Å². The van der Waals surface area contributed by atoms with Crippen LogP contribution in [-0.2, 0) is 0 Å². The third kappa shape index (κ3) is 3.96. The van der Waals surface area contributed by atoms with Crippen molar-refractivity contribution in [3.63, 3.8) is 0 Å². The average molecular weight is 396 g/mol. The molecule has 0 amide bonds. The highest BCUT2D eigenvalue weighted by Crippen LogP contribution is 2.29. The SMILES string of the molecule is COc1ccc(Nc2nnc(SCC(=O)c3c[nH]c4ccccc34)s2)cc1. The third-order valence-electron chi connectivity index (χ3n) is 3.96. The smallest absolute Gasteiger partial charge is 0.210 e. The molecular weight excluding hydrogens is 380 g/mol. The number of rotatable bonds is 7. The number of benzene rings is 2. The van der Waals surface area contributed by atoms with Gasteiger partial charge in [-0.1, -0.05) is 41.3 Å². The molecule has 0 bridgehead atoms. The molecule has 0 aliphatic heterocycles. The number of Topliss-reactive ketones (excluding diaryl/α,β-unsaturated/α-hetero) is 1. The van der Waals surface area contributed by atoms with Gasteiger partial charge in [0, 0.05) is 28.4 Å². The van der Waals surface area contributed by atoms with Gasteiger partial charge in [0.1, 0.15) is 5.75 Å². The summed E-state index contributed by atoms with van der Waals surface area (Å²) in [4.78, 5) is 15.7. The molecule has 0 atom stereocenters. The van der Waals surface area contributed by atoms with E-state index in [1.807, 2.05) is 48.5 Å². The summed E-state index contributed by atoms with van der Waals surface area (Å²) in [7, 11) is 1.63. The van der Waals surface area contributed by atoms with Crippen molar-refractivity contribution in [1.82, 2.24) is 15.2 Å². The summed E-state index contributed by atoms with van der Waals surface area (Å²) < 4.78 is 5.89. The first-order valence-corrected chi connectivity index (χ1v) is 10.00. The van der Waals surface area contributed by atoms with E-state index in [1.165, 1.54) is 23.1 Å². The number of ether oxygens (including phenoxy) is 1. The minimum absolute atomic E-state index is 0.0670. The maximum absolute atomic E-state index is 12.5. The van der Waals surface area contributed by atoms with E-state index in [9.17, 15) is 4.79 Å². The van der Waals surface area contributed by atoms with E-state index in [0.717, 1.165) is 26.7 Å². The second kappa shape index (κ2) is 7.81. The number of aromatic nitrogens is 3. The molecule has 2 N–H and O–H groups in total. The molecule has 2 aromatic carbocycles. The Kier molecular flexibility index (Phi) is 5.08. The van der Waals surface area contributed by atoms with E-state index in [2.05, 4.69) is 20.5 Å². The van der Waals surface area contributed by atoms with Crippen LogP contribution in [-0.4, -0.2) is 33.8 Å². The molecule has 0 unspecified atom stereocenters. The number of thioether (sulfide) groups is 1. The number of nitrogens with zero attached hydrogens (tertiary/aromatic N) is 2. The van der Waals surface area contributed by atoms with Gasteiger partial charge in [-0.3, -0.25) is 4.79 Å². The molecule has 0 aliphatic rings. The molecule has 2 aromatic heterocycles. The van der Waals surface area contributed by atoms with Gasteiger partial charge in [-0.05, 0) is 30.3 Å². The van der Waals surface area contributed by atoms with Gasteiger partial charge in [0.05, 0.1) is 12.9 Å². The van der Waals surface area contributed by atoms with Crippen molar-refractivity contribution in [2.45, 2.75) is 4.34 Å². The van der Waals surface area contributed by atoms with Crippen LogP contribution in [0.25, 0.3) is 10.9 Å². The molecule has 0 spiro atoms. The van der Waals surface area contributed by atoms with E-state index in [0.29, 0.717) is 16.4 Å². The van der Waals surface area contributed by atoms with E-state index in [-0.39, 0.29) is 5.78 Å². The predicted octanol–water partition coefficient (Wildman–Crippen LogP) is 4.75. The summed E-state index contributed by atoms with van der Waals surface area (Å²) in [6.45, 7) is 0. The number of H-pyrrole nitrogens is 1. The topological polar surface area (TPSA) is 79.9 Å². The van der Waals surface area contributed by atoms with Crippen molar-refractivity contribution in [2.75, 3.05) is 18.2 Å². The minimum Gasteiger partial charge on any atom is -0.497 e. The van der Waals surface area contributed by atoms with Gasteiger partial charge >= 0.3 is 0 Å². The lowest BCUT2D eigenvalue weighted by Gasteiger charge is -2.03. The first-order chi connectivity index (χ1) is 13.2. The van der Waals surface area contributed by atoms with Crippen LogP contribution >= 0.6 is 23.1 Å². The molecular formula is C19H16N4O2S2. The van der Waals surface area contributed by atoms with Crippen LogP contribution < -0.4 is 10.1 Å². The normalized spacial score (nSPS) is 10.9. The maximum Gasteiger partial charge on any atom is 0.210 e. The Balaban J connectivity index is 1.38. The van der Waals surface area contributed by atoms with Gasteiger partial charge in [-0.15, -0.1) is 10.2 Å². The van der Waals surface area contributed by atoms with Crippen molar-refractivity contribution in [1.29, 1.82) is 0 Å². The summed E-state index contributed by atoms with van der Waals surface area (Å²) in [5.74, 6) is 1.18. The minimum atomic E-state index is 0.0670. The number of aromatic amines is 1. The largest absolute Gasteiger partial charge is 0.497 e. The number of para-hydroxylation sites is 1. The lowest BCUT2D eigenvalue weighted by Crippen LogP contribution is -2.01. The lowest BCUT2D eigenvalue weighted by molar-refractivity contribution is 0.102. The molecule has 4 aromatic rings. The number of nitrogens with one attached hydrogen (secondary N) is 2. The van der Waals surface area contributed by atoms with Gasteiger partial charge < -0.3 is 15.0 Å². The monoisotopic (exact) mass is 396 g/mol. The Morgan fingerprint density at radius 3 is 2.81 bits per heavy atom. The van der Waals surface area contributed by atoms with Gasteiger partial charge in [-0.2, -0.15) is 0 Å². The van der Waals surface area contributed by atoms with Crippen LogP contribution in [0.3, 0.4) is 0 Å². The van der Waals surface area contributed by atoms with Crippen molar-refractivity contribution in [2.24, 2.45) is 0 Å². The summed E-state index contributed by atoms with van der Waals surface area (Å²) >= 11 is 2.81. The quantitative estimate of drug-likeness (QED) is 0.347. The lowest BCUT2D eigenvalue weighted by atomic mass is 10.1. The Morgan fingerprint density at radius 1 is 1.19 bits per heavy atom. The van der Waals surface area contributed by atoms with Gasteiger partial charge in [0.2, 0.25) is 5.13 Å².